The third kappa shape index (κ3) is 2.49. The lowest BCUT2D eigenvalue weighted by Crippen LogP contribution is -2.24. The summed E-state index contributed by atoms with van der Waals surface area (Å²) in [5.41, 5.74) is 6.66. The Morgan fingerprint density at radius 1 is 1.44 bits per heavy atom. The Labute approximate surface area is 104 Å². The van der Waals surface area contributed by atoms with Gasteiger partial charge in [0.1, 0.15) is 12.2 Å². The SMILES string of the molecule is Cc1c(N)cccc1S(=O)(=O)NCc1ncn[nH]1. The molecule has 1 aromatic carbocycles. The van der Waals surface area contributed by atoms with Crippen LogP contribution < -0.4 is 10.5 Å². The molecule has 0 radical (unpaired) electrons. The van der Waals surface area contributed by atoms with E-state index in [1.165, 1.54) is 12.4 Å². The molecule has 0 unspecified atom stereocenters. The van der Waals surface area contributed by atoms with E-state index in [1.54, 1.807) is 19.1 Å². The fourth-order valence-corrected chi connectivity index (χ4v) is 2.74. The molecule has 0 fully saturated rings. The summed E-state index contributed by atoms with van der Waals surface area (Å²) < 4.78 is 26.6. The fraction of sp³-hybridized carbons (Fsp3) is 0.200. The van der Waals surface area contributed by atoms with Crippen molar-refractivity contribution in [2.75, 3.05) is 5.73 Å². The van der Waals surface area contributed by atoms with E-state index < -0.39 is 10.0 Å². The molecule has 1 heterocycles. The topological polar surface area (TPSA) is 114 Å². The molecule has 18 heavy (non-hydrogen) atoms. The van der Waals surface area contributed by atoms with E-state index in [0.29, 0.717) is 17.1 Å². The lowest BCUT2D eigenvalue weighted by atomic mass is 10.2. The summed E-state index contributed by atoms with van der Waals surface area (Å²) in [6.45, 7) is 1.72. The van der Waals surface area contributed by atoms with Gasteiger partial charge < -0.3 is 5.73 Å². The summed E-state index contributed by atoms with van der Waals surface area (Å²) in [5, 5.41) is 6.21. The molecule has 0 aliphatic carbocycles. The molecule has 0 amide bonds. The predicted octanol–water partition coefficient (Wildman–Crippen LogP) is 0.174. The number of H-pyrrole nitrogens is 1. The predicted molar refractivity (Wildman–Crippen MR) is 66.0 cm³/mol. The number of hydrogen-bond donors (Lipinski definition) is 3. The number of nitrogen functional groups attached to an aromatic ring is 1. The van der Waals surface area contributed by atoms with Crippen LogP contribution in [0, 0.1) is 6.92 Å². The van der Waals surface area contributed by atoms with Crippen molar-refractivity contribution in [2.45, 2.75) is 18.4 Å². The number of nitrogens with one attached hydrogen (secondary N) is 2. The van der Waals surface area contributed by atoms with Gasteiger partial charge in [-0.3, -0.25) is 5.10 Å². The van der Waals surface area contributed by atoms with E-state index in [2.05, 4.69) is 19.9 Å². The zero-order valence-corrected chi connectivity index (χ0v) is 10.5. The average molecular weight is 267 g/mol. The molecule has 0 spiro atoms. The highest BCUT2D eigenvalue weighted by molar-refractivity contribution is 7.89. The van der Waals surface area contributed by atoms with Crippen LogP contribution in [0.4, 0.5) is 5.69 Å². The summed E-state index contributed by atoms with van der Waals surface area (Å²) in [6, 6.07) is 4.77. The number of anilines is 1. The van der Waals surface area contributed by atoms with E-state index in [1.807, 2.05) is 0 Å². The lowest BCUT2D eigenvalue weighted by molar-refractivity contribution is 0.579. The van der Waals surface area contributed by atoms with Gasteiger partial charge in [-0.2, -0.15) is 5.10 Å². The van der Waals surface area contributed by atoms with Gasteiger partial charge in [-0.15, -0.1) is 0 Å². The van der Waals surface area contributed by atoms with Gasteiger partial charge in [-0.25, -0.2) is 18.1 Å². The first-order valence-corrected chi connectivity index (χ1v) is 6.68. The van der Waals surface area contributed by atoms with Gasteiger partial charge in [-0.05, 0) is 24.6 Å². The maximum absolute atomic E-state index is 12.1. The van der Waals surface area contributed by atoms with E-state index in [-0.39, 0.29) is 11.4 Å². The molecule has 0 aliphatic heterocycles. The molecule has 2 rings (SSSR count). The monoisotopic (exact) mass is 267 g/mol. The molecule has 0 bridgehead atoms. The van der Waals surface area contributed by atoms with Crippen molar-refractivity contribution in [1.29, 1.82) is 0 Å². The van der Waals surface area contributed by atoms with Gasteiger partial charge in [0.25, 0.3) is 0 Å². The Kier molecular flexibility index (Phi) is 3.30. The standard InChI is InChI=1S/C10H13N5O2S/c1-7-8(11)3-2-4-9(7)18(16,17)14-5-10-12-6-13-15-10/h2-4,6,14H,5,11H2,1H3,(H,12,13,15). The van der Waals surface area contributed by atoms with E-state index in [4.69, 9.17) is 5.73 Å². The van der Waals surface area contributed by atoms with Crippen molar-refractivity contribution < 1.29 is 8.42 Å². The van der Waals surface area contributed by atoms with Crippen LogP contribution in [0.2, 0.25) is 0 Å². The summed E-state index contributed by atoms with van der Waals surface area (Å²) in [7, 11) is -3.61. The van der Waals surface area contributed by atoms with E-state index in [9.17, 15) is 8.42 Å². The molecule has 0 atom stereocenters. The number of nitrogens with zero attached hydrogens (tertiary/aromatic N) is 2. The van der Waals surface area contributed by atoms with Gasteiger partial charge in [0.2, 0.25) is 10.0 Å². The maximum atomic E-state index is 12.1. The Morgan fingerprint density at radius 3 is 2.89 bits per heavy atom. The molecule has 0 aliphatic rings. The summed E-state index contributed by atoms with van der Waals surface area (Å²) in [5.74, 6) is 0.445. The Hall–Kier alpha value is -1.93. The third-order valence-corrected chi connectivity index (χ3v) is 4.06. The molecule has 0 saturated heterocycles. The van der Waals surface area contributed by atoms with Crippen molar-refractivity contribution in [1.82, 2.24) is 19.9 Å². The Bertz CT molecular complexity index is 636. The minimum absolute atomic E-state index is 0.0522. The van der Waals surface area contributed by atoms with Crippen LogP contribution in [-0.2, 0) is 16.6 Å². The number of hydrogen-bond acceptors (Lipinski definition) is 5. The molecular weight excluding hydrogens is 254 g/mol. The molecule has 4 N–H and O–H groups in total. The third-order valence-electron chi connectivity index (χ3n) is 2.51. The van der Waals surface area contributed by atoms with Crippen LogP contribution in [-0.4, -0.2) is 23.6 Å². The number of sulfonamides is 1. The van der Waals surface area contributed by atoms with Crippen molar-refractivity contribution in [3.63, 3.8) is 0 Å². The van der Waals surface area contributed by atoms with Crippen LogP contribution >= 0.6 is 0 Å². The summed E-state index contributed by atoms with van der Waals surface area (Å²) in [4.78, 5) is 4.00. The smallest absolute Gasteiger partial charge is 0.241 e. The minimum atomic E-state index is -3.61. The lowest BCUT2D eigenvalue weighted by Gasteiger charge is -2.09. The normalized spacial score (nSPS) is 11.6. The summed E-state index contributed by atoms with van der Waals surface area (Å²) >= 11 is 0. The fourth-order valence-electron chi connectivity index (χ4n) is 1.48. The van der Waals surface area contributed by atoms with Gasteiger partial charge in [-0.1, -0.05) is 6.07 Å². The average Bonchev–Trinajstić information content (AvgIpc) is 2.83. The van der Waals surface area contributed by atoms with Crippen molar-refractivity contribution >= 4 is 15.7 Å². The van der Waals surface area contributed by atoms with Gasteiger partial charge >= 0.3 is 0 Å². The zero-order valence-electron chi connectivity index (χ0n) is 9.71. The van der Waals surface area contributed by atoms with Gasteiger partial charge in [0.05, 0.1) is 11.4 Å². The second-order valence-corrected chi connectivity index (χ2v) is 5.46. The van der Waals surface area contributed by atoms with E-state index >= 15 is 0 Å². The van der Waals surface area contributed by atoms with Gasteiger partial charge in [0.15, 0.2) is 0 Å². The Balaban J connectivity index is 2.23. The number of aromatic amines is 1. The first kappa shape index (κ1) is 12.5. The Morgan fingerprint density at radius 2 is 2.22 bits per heavy atom. The quantitative estimate of drug-likeness (QED) is 0.683. The molecule has 8 heteroatoms. The second kappa shape index (κ2) is 4.75. The zero-order chi connectivity index (χ0) is 13.2. The van der Waals surface area contributed by atoms with E-state index in [0.717, 1.165) is 0 Å². The van der Waals surface area contributed by atoms with Crippen molar-refractivity contribution in [3.8, 4) is 0 Å². The molecule has 2 aromatic rings. The van der Waals surface area contributed by atoms with Crippen molar-refractivity contribution in [2.24, 2.45) is 0 Å². The van der Waals surface area contributed by atoms with Crippen LogP contribution in [0.5, 0.6) is 0 Å². The van der Waals surface area contributed by atoms with Crippen LogP contribution in [0.25, 0.3) is 0 Å². The number of benzene rings is 1. The molecule has 0 saturated carbocycles. The van der Waals surface area contributed by atoms with Crippen molar-refractivity contribution in [3.05, 3.63) is 35.9 Å². The highest BCUT2D eigenvalue weighted by Crippen LogP contribution is 2.20. The van der Waals surface area contributed by atoms with Gasteiger partial charge in [0, 0.05) is 5.69 Å². The maximum Gasteiger partial charge on any atom is 0.241 e. The second-order valence-electron chi connectivity index (χ2n) is 3.73. The number of nitrogens with two attached hydrogens (primary N) is 1. The first-order chi connectivity index (χ1) is 8.50. The number of aromatic nitrogens is 3. The largest absolute Gasteiger partial charge is 0.398 e. The summed E-state index contributed by atoms with van der Waals surface area (Å²) in [6.07, 6.45) is 1.31. The van der Waals surface area contributed by atoms with Crippen LogP contribution in [0.3, 0.4) is 0 Å². The highest BCUT2D eigenvalue weighted by Gasteiger charge is 2.17. The molecule has 1 aromatic heterocycles. The molecule has 96 valence electrons. The number of rotatable bonds is 4. The minimum Gasteiger partial charge on any atom is -0.398 e. The first-order valence-electron chi connectivity index (χ1n) is 5.19. The highest BCUT2D eigenvalue weighted by atomic mass is 32.2. The van der Waals surface area contributed by atoms with Crippen LogP contribution in [0.15, 0.2) is 29.4 Å². The molecule has 7 nitrogen and oxygen atoms in total. The molecular formula is C10H13N5O2S. The van der Waals surface area contributed by atoms with Crippen LogP contribution in [0.1, 0.15) is 11.4 Å².